The number of methoxy groups -OCH3 is 1. The molecule has 1 atom stereocenters. The first kappa shape index (κ1) is 28.0. The van der Waals surface area contributed by atoms with E-state index in [-0.39, 0.29) is 30.8 Å². The number of hydrogen-bond donors (Lipinski definition) is 1. The molecule has 206 valence electrons. The Morgan fingerprint density at radius 2 is 1.89 bits per heavy atom. The second kappa shape index (κ2) is 12.3. The largest absolute Gasteiger partial charge is 0.497 e. The van der Waals surface area contributed by atoms with Crippen LogP contribution in [-0.2, 0) is 6.67 Å². The van der Waals surface area contributed by atoms with Gasteiger partial charge in [-0.05, 0) is 62.4 Å². The molecule has 1 aliphatic rings. The van der Waals surface area contributed by atoms with Crippen LogP contribution in [-0.4, -0.2) is 54.9 Å². The third kappa shape index (κ3) is 6.18. The summed E-state index contributed by atoms with van der Waals surface area (Å²) in [5.41, 5.74) is 0.519. The third-order valence-electron chi connectivity index (χ3n) is 7.46. The van der Waals surface area contributed by atoms with Crippen LogP contribution in [0.5, 0.6) is 11.5 Å². The van der Waals surface area contributed by atoms with Gasteiger partial charge in [-0.2, -0.15) is 4.39 Å². The minimum absolute atomic E-state index is 0.0308. The Labute approximate surface area is 218 Å². The van der Waals surface area contributed by atoms with E-state index in [9.17, 15) is 22.7 Å². The fraction of sp³-hybridized carbons (Fsp3) is 0.464. The fourth-order valence-corrected chi connectivity index (χ4v) is 5.07. The maximum absolute atomic E-state index is 15.7. The van der Waals surface area contributed by atoms with E-state index in [2.05, 4.69) is 4.98 Å². The van der Waals surface area contributed by atoms with E-state index < -0.39 is 41.5 Å². The first-order valence-electron chi connectivity index (χ1n) is 12.6. The van der Waals surface area contributed by atoms with Crippen LogP contribution in [0.25, 0.3) is 10.9 Å². The second-order valence-electron chi connectivity index (χ2n) is 9.77. The number of piperidine rings is 1. The fourth-order valence-electron chi connectivity index (χ4n) is 5.07. The Bertz CT molecular complexity index is 1250. The standard InChI is InChI=1S/C28H31F5N2O3/c1-37-20-2-3-24-21(14-20)26(18(15-29)16-34-24)22(31)4-5-28(17-36)6-8-35(9-7-28)10-11-38-25-13-19(30)12-23(32)27(25)33/h2-3,12-14,16,22,36H,4-11,15,17H2,1H3/t22-/m1/s1. The Hall–Kier alpha value is -2.98. The Morgan fingerprint density at radius 1 is 1.13 bits per heavy atom. The molecule has 0 amide bonds. The van der Waals surface area contributed by atoms with Crippen molar-refractivity contribution in [3.05, 3.63) is 65.1 Å². The van der Waals surface area contributed by atoms with Gasteiger partial charge in [0.05, 0.1) is 12.6 Å². The average molecular weight is 539 g/mol. The van der Waals surface area contributed by atoms with Gasteiger partial charge in [-0.1, -0.05) is 0 Å². The molecule has 1 saturated heterocycles. The number of rotatable bonds is 11. The molecule has 4 rings (SSSR count). The van der Waals surface area contributed by atoms with Crippen LogP contribution < -0.4 is 9.47 Å². The van der Waals surface area contributed by atoms with Crippen molar-refractivity contribution in [3.63, 3.8) is 0 Å². The molecule has 0 radical (unpaired) electrons. The summed E-state index contributed by atoms with van der Waals surface area (Å²) >= 11 is 0. The lowest BCUT2D eigenvalue weighted by Gasteiger charge is -2.41. The number of ether oxygens (including phenoxy) is 2. The van der Waals surface area contributed by atoms with Crippen LogP contribution in [0.3, 0.4) is 0 Å². The normalized spacial score (nSPS) is 16.5. The minimum atomic E-state index is -1.45. The molecule has 0 unspecified atom stereocenters. The maximum Gasteiger partial charge on any atom is 0.200 e. The van der Waals surface area contributed by atoms with Gasteiger partial charge in [-0.15, -0.1) is 0 Å². The lowest BCUT2D eigenvalue weighted by atomic mass is 9.74. The SMILES string of the molecule is COc1ccc2ncc(CF)c([C@H](F)CCC3(CO)CCN(CCOc4cc(F)cc(F)c4F)CC3)c2c1. The average Bonchev–Trinajstić information content (AvgIpc) is 2.94. The van der Waals surface area contributed by atoms with Crippen LogP contribution in [0.1, 0.15) is 43.0 Å². The molecule has 10 heteroatoms. The lowest BCUT2D eigenvalue weighted by Crippen LogP contribution is -2.43. The summed E-state index contributed by atoms with van der Waals surface area (Å²) < 4.78 is 80.4. The predicted molar refractivity (Wildman–Crippen MR) is 133 cm³/mol. The van der Waals surface area contributed by atoms with Crippen LogP contribution in [0.2, 0.25) is 0 Å². The number of aromatic nitrogens is 1. The predicted octanol–water partition coefficient (Wildman–Crippen LogP) is 6.07. The zero-order valence-electron chi connectivity index (χ0n) is 21.2. The topological polar surface area (TPSA) is 54.8 Å². The number of hydrogen-bond acceptors (Lipinski definition) is 5. The van der Waals surface area contributed by atoms with Crippen LogP contribution >= 0.6 is 0 Å². The monoisotopic (exact) mass is 538 g/mol. The van der Waals surface area contributed by atoms with Gasteiger partial charge in [-0.3, -0.25) is 9.88 Å². The zero-order chi connectivity index (χ0) is 27.3. The maximum atomic E-state index is 15.7. The van der Waals surface area contributed by atoms with Gasteiger partial charge in [-0.25, -0.2) is 17.6 Å². The van der Waals surface area contributed by atoms with Crippen molar-refractivity contribution in [3.8, 4) is 11.5 Å². The lowest BCUT2D eigenvalue weighted by molar-refractivity contribution is 0.0264. The van der Waals surface area contributed by atoms with Gasteiger partial charge in [0.25, 0.3) is 0 Å². The van der Waals surface area contributed by atoms with Gasteiger partial charge in [0.2, 0.25) is 5.82 Å². The molecular weight excluding hydrogens is 507 g/mol. The van der Waals surface area contributed by atoms with E-state index in [4.69, 9.17) is 9.47 Å². The number of nitrogens with zero attached hydrogens (tertiary/aromatic N) is 2. The highest BCUT2D eigenvalue weighted by atomic mass is 19.2. The van der Waals surface area contributed by atoms with Crippen molar-refractivity contribution in [2.45, 2.75) is 38.5 Å². The van der Waals surface area contributed by atoms with E-state index in [1.807, 2.05) is 4.90 Å². The van der Waals surface area contributed by atoms with Crippen molar-refractivity contribution >= 4 is 10.9 Å². The zero-order valence-corrected chi connectivity index (χ0v) is 21.2. The molecule has 2 heterocycles. The summed E-state index contributed by atoms with van der Waals surface area (Å²) in [4.78, 5) is 6.28. The highest BCUT2D eigenvalue weighted by molar-refractivity contribution is 5.85. The molecule has 5 nitrogen and oxygen atoms in total. The first-order chi connectivity index (χ1) is 18.3. The van der Waals surface area contributed by atoms with E-state index in [1.54, 1.807) is 18.2 Å². The minimum Gasteiger partial charge on any atom is -0.497 e. The third-order valence-corrected chi connectivity index (χ3v) is 7.46. The van der Waals surface area contributed by atoms with E-state index in [0.717, 1.165) is 6.07 Å². The van der Waals surface area contributed by atoms with Gasteiger partial charge < -0.3 is 14.6 Å². The smallest absolute Gasteiger partial charge is 0.200 e. The molecule has 0 bridgehead atoms. The number of likely N-dealkylation sites (tertiary alicyclic amines) is 1. The molecule has 2 aromatic carbocycles. The van der Waals surface area contributed by atoms with E-state index in [1.165, 1.54) is 13.3 Å². The van der Waals surface area contributed by atoms with Crippen LogP contribution in [0.15, 0.2) is 36.5 Å². The molecule has 3 aromatic rings. The summed E-state index contributed by atoms with van der Waals surface area (Å²) in [6.07, 6.45) is 1.62. The second-order valence-corrected chi connectivity index (χ2v) is 9.77. The van der Waals surface area contributed by atoms with Crippen molar-refractivity contribution in [2.75, 3.05) is 40.0 Å². The van der Waals surface area contributed by atoms with Crippen LogP contribution in [0, 0.1) is 22.9 Å². The highest BCUT2D eigenvalue weighted by Crippen LogP contribution is 2.41. The number of pyridine rings is 1. The number of halogens is 5. The molecule has 0 spiro atoms. The molecule has 1 N–H and O–H groups in total. The van der Waals surface area contributed by atoms with Gasteiger partial charge in [0.15, 0.2) is 11.6 Å². The molecule has 0 saturated carbocycles. The van der Waals surface area contributed by atoms with E-state index >= 15 is 4.39 Å². The molecule has 1 aliphatic heterocycles. The number of aliphatic hydroxyl groups is 1. The van der Waals surface area contributed by atoms with Gasteiger partial charge in [0.1, 0.15) is 31.0 Å². The summed E-state index contributed by atoms with van der Waals surface area (Å²) in [5, 5.41) is 10.7. The summed E-state index contributed by atoms with van der Waals surface area (Å²) in [6, 6.07) is 6.34. The van der Waals surface area contributed by atoms with Crippen molar-refractivity contribution in [1.29, 1.82) is 0 Å². The summed E-state index contributed by atoms with van der Waals surface area (Å²) in [6.45, 7) is 0.652. The summed E-state index contributed by atoms with van der Waals surface area (Å²) in [5.74, 6) is -3.42. The Kier molecular flexibility index (Phi) is 9.04. The van der Waals surface area contributed by atoms with Crippen molar-refractivity contribution < 1.29 is 36.5 Å². The van der Waals surface area contributed by atoms with Gasteiger partial charge >= 0.3 is 0 Å². The number of aliphatic hydroxyl groups excluding tert-OH is 1. The Morgan fingerprint density at radius 3 is 2.58 bits per heavy atom. The molecule has 38 heavy (non-hydrogen) atoms. The van der Waals surface area contributed by atoms with Crippen LogP contribution in [0.4, 0.5) is 22.0 Å². The Balaban J connectivity index is 1.35. The first-order valence-corrected chi connectivity index (χ1v) is 12.6. The molecule has 1 fully saturated rings. The van der Waals surface area contributed by atoms with Crippen molar-refractivity contribution in [2.24, 2.45) is 5.41 Å². The molecular formula is C28H31F5N2O3. The quantitative estimate of drug-likeness (QED) is 0.237. The molecule has 0 aliphatic carbocycles. The molecule has 1 aromatic heterocycles. The summed E-state index contributed by atoms with van der Waals surface area (Å²) in [7, 11) is 1.50. The van der Waals surface area contributed by atoms with E-state index in [0.29, 0.717) is 61.6 Å². The number of benzene rings is 2. The van der Waals surface area contributed by atoms with Gasteiger partial charge in [0, 0.05) is 48.0 Å². The highest BCUT2D eigenvalue weighted by Gasteiger charge is 2.35. The number of fused-ring (bicyclic) bond motifs is 1. The van der Waals surface area contributed by atoms with Crippen molar-refractivity contribution in [1.82, 2.24) is 9.88 Å². The number of alkyl halides is 2.